The quantitative estimate of drug-likeness (QED) is 0.750. The number of phosphoric ester groups is 1. The molecule has 2 N–H and O–H groups in total. The Labute approximate surface area is 162 Å². The smallest absolute Gasteiger partial charge is 0.463 e. The van der Waals surface area contributed by atoms with Crippen LogP contribution in [-0.4, -0.2) is 46.4 Å². The number of aromatic nitrogens is 2. The highest BCUT2D eigenvalue weighted by Crippen LogP contribution is 2.48. The Morgan fingerprint density at radius 1 is 1.18 bits per heavy atom. The number of nitrogens with zero attached hydrogens (tertiary/aromatic N) is 3. The maximum atomic E-state index is 11.4. The van der Waals surface area contributed by atoms with E-state index in [9.17, 15) is 9.46 Å². The molecule has 4 rings (SSSR count). The Morgan fingerprint density at radius 3 is 2.50 bits per heavy atom. The molecule has 10 heteroatoms. The number of anilines is 1. The predicted molar refractivity (Wildman–Crippen MR) is 103 cm³/mol. The molecule has 0 saturated carbocycles. The van der Waals surface area contributed by atoms with Crippen molar-refractivity contribution in [2.24, 2.45) is 4.99 Å². The van der Waals surface area contributed by atoms with E-state index in [4.69, 9.17) is 18.8 Å². The van der Waals surface area contributed by atoms with E-state index in [1.807, 2.05) is 38.1 Å². The highest BCUT2D eigenvalue weighted by Gasteiger charge is 2.36. The topological polar surface area (TPSA) is 115 Å². The minimum Gasteiger partial charge on any atom is -0.463 e. The maximum Gasteiger partial charge on any atom is 0.472 e. The van der Waals surface area contributed by atoms with Gasteiger partial charge < -0.3 is 14.9 Å². The predicted octanol–water partition coefficient (Wildman–Crippen LogP) is 3.04. The number of benzene rings is 1. The molecule has 0 spiro atoms. The van der Waals surface area contributed by atoms with Gasteiger partial charge >= 0.3 is 7.82 Å². The average Bonchev–Trinajstić information content (AvgIpc) is 2.66. The summed E-state index contributed by atoms with van der Waals surface area (Å²) in [6, 6.07) is 7.77. The first-order valence-electron chi connectivity index (χ1n) is 8.82. The monoisotopic (exact) mass is 404 g/mol. The third-order valence-electron chi connectivity index (χ3n) is 4.70. The molecule has 3 heterocycles. The van der Waals surface area contributed by atoms with Gasteiger partial charge in [0, 0.05) is 18.5 Å². The Morgan fingerprint density at radius 2 is 1.86 bits per heavy atom. The molecule has 0 radical (unpaired) electrons. The van der Waals surface area contributed by atoms with E-state index in [2.05, 4.69) is 15.3 Å². The van der Waals surface area contributed by atoms with Crippen molar-refractivity contribution in [3.8, 4) is 5.88 Å². The largest absolute Gasteiger partial charge is 0.472 e. The van der Waals surface area contributed by atoms with Gasteiger partial charge in [0.2, 0.25) is 5.88 Å². The molecule has 1 aromatic carbocycles. The van der Waals surface area contributed by atoms with Crippen molar-refractivity contribution in [2.75, 3.05) is 25.6 Å². The molecule has 0 unspecified atom stereocenters. The number of hydrogen-bond donors (Lipinski definition) is 2. The lowest BCUT2D eigenvalue weighted by atomic mass is 9.91. The van der Waals surface area contributed by atoms with Crippen LogP contribution < -0.4 is 10.1 Å². The molecule has 1 fully saturated rings. The lowest BCUT2D eigenvalue weighted by Crippen LogP contribution is -2.41. The summed E-state index contributed by atoms with van der Waals surface area (Å²) in [5, 5.41) is 3.00. The molecule has 2 aromatic rings. The summed E-state index contributed by atoms with van der Waals surface area (Å²) in [5.41, 5.74) is 2.51. The molecule has 0 atom stereocenters. The molecule has 0 aliphatic carbocycles. The van der Waals surface area contributed by atoms with Gasteiger partial charge in [-0.05, 0) is 19.4 Å². The van der Waals surface area contributed by atoms with Gasteiger partial charge in [-0.2, -0.15) is 4.98 Å². The molecular formula is C18H21N4O5P. The molecule has 148 valence electrons. The number of nitrogens with one attached hydrogen (secondary N) is 1. The standard InChI is InChI=1S/C18H21N4O5P/c1-18(2)15(22-14-16(19-3)20-10-21-17(14)27-18)12-6-4-11(5-7-12)13-8-25-28(23,24)26-9-13/h4-7,10,13H,8-9H2,1-3H3,(H,23,24)(H,19,20,21). The molecule has 2 aliphatic rings. The third kappa shape index (κ3) is 3.54. The van der Waals surface area contributed by atoms with Crippen LogP contribution in [0.4, 0.5) is 11.5 Å². The summed E-state index contributed by atoms with van der Waals surface area (Å²) >= 11 is 0. The van der Waals surface area contributed by atoms with Crippen LogP contribution in [0, 0.1) is 0 Å². The van der Waals surface area contributed by atoms with Crippen molar-refractivity contribution in [3.05, 3.63) is 41.7 Å². The molecule has 0 bridgehead atoms. The van der Waals surface area contributed by atoms with Gasteiger partial charge in [0.05, 0.1) is 18.9 Å². The lowest BCUT2D eigenvalue weighted by molar-refractivity contribution is 0.0846. The van der Waals surface area contributed by atoms with Crippen molar-refractivity contribution in [3.63, 3.8) is 0 Å². The van der Waals surface area contributed by atoms with E-state index >= 15 is 0 Å². The number of ether oxygens (including phenoxy) is 1. The van der Waals surface area contributed by atoms with Crippen LogP contribution in [0.2, 0.25) is 0 Å². The van der Waals surface area contributed by atoms with Crippen LogP contribution in [0.1, 0.15) is 30.9 Å². The lowest BCUT2D eigenvalue weighted by Gasteiger charge is -2.32. The number of fused-ring (bicyclic) bond motifs is 1. The van der Waals surface area contributed by atoms with Crippen molar-refractivity contribution in [1.29, 1.82) is 0 Å². The van der Waals surface area contributed by atoms with Crippen LogP contribution in [0.15, 0.2) is 35.6 Å². The molecule has 1 aromatic heterocycles. The van der Waals surface area contributed by atoms with E-state index in [0.717, 1.165) is 16.8 Å². The molecular weight excluding hydrogens is 383 g/mol. The zero-order chi connectivity index (χ0) is 19.9. The van der Waals surface area contributed by atoms with Crippen molar-refractivity contribution >= 4 is 25.0 Å². The fourth-order valence-corrected chi connectivity index (χ4v) is 4.04. The highest BCUT2D eigenvalue weighted by molar-refractivity contribution is 7.47. The summed E-state index contributed by atoms with van der Waals surface area (Å²) in [6.07, 6.45) is 1.44. The number of phosphoric acid groups is 1. The zero-order valence-corrected chi connectivity index (χ0v) is 16.6. The van der Waals surface area contributed by atoms with Gasteiger partial charge in [-0.3, -0.25) is 9.05 Å². The normalized spacial score (nSPS) is 26.0. The first kappa shape index (κ1) is 19.0. The maximum absolute atomic E-state index is 11.4. The molecule has 1 saturated heterocycles. The van der Waals surface area contributed by atoms with Gasteiger partial charge in [0.25, 0.3) is 0 Å². The summed E-state index contributed by atoms with van der Waals surface area (Å²) in [5.74, 6) is 0.931. The van der Waals surface area contributed by atoms with Crippen molar-refractivity contribution < 1.29 is 23.2 Å². The SMILES string of the molecule is CNc1ncnc2c1N=C(c1ccc(C3COP(=O)(O)OC3)cc1)C(C)(C)O2. The van der Waals surface area contributed by atoms with Gasteiger partial charge in [-0.25, -0.2) is 14.5 Å². The molecule has 9 nitrogen and oxygen atoms in total. The summed E-state index contributed by atoms with van der Waals surface area (Å²) in [4.78, 5) is 22.5. The minimum absolute atomic E-state index is 0.106. The number of rotatable bonds is 3. The van der Waals surface area contributed by atoms with E-state index in [1.165, 1.54) is 6.33 Å². The molecule has 2 aliphatic heterocycles. The highest BCUT2D eigenvalue weighted by atomic mass is 31.2. The molecule has 0 amide bonds. The van der Waals surface area contributed by atoms with Gasteiger partial charge in [0.1, 0.15) is 11.9 Å². The van der Waals surface area contributed by atoms with Gasteiger partial charge in [-0.15, -0.1) is 0 Å². The number of hydrogen-bond acceptors (Lipinski definition) is 8. The number of aliphatic imine (C=N–C) groups is 1. The van der Waals surface area contributed by atoms with Crippen LogP contribution in [0.5, 0.6) is 5.88 Å². The summed E-state index contributed by atoms with van der Waals surface area (Å²) in [6.45, 7) is 4.15. The van der Waals surface area contributed by atoms with E-state index in [1.54, 1.807) is 7.05 Å². The second kappa shape index (κ2) is 6.93. The Bertz CT molecular complexity index is 964. The van der Waals surface area contributed by atoms with Gasteiger partial charge in [-0.1, -0.05) is 24.3 Å². The van der Waals surface area contributed by atoms with E-state index in [0.29, 0.717) is 17.4 Å². The fourth-order valence-electron chi connectivity index (χ4n) is 3.23. The first-order chi connectivity index (χ1) is 13.3. The average molecular weight is 404 g/mol. The second-order valence-electron chi connectivity index (χ2n) is 7.08. The van der Waals surface area contributed by atoms with E-state index in [-0.39, 0.29) is 19.1 Å². The molecule has 28 heavy (non-hydrogen) atoms. The summed E-state index contributed by atoms with van der Waals surface area (Å²) in [7, 11) is -2.12. The van der Waals surface area contributed by atoms with Crippen molar-refractivity contribution in [2.45, 2.75) is 25.4 Å². The van der Waals surface area contributed by atoms with Crippen molar-refractivity contribution in [1.82, 2.24) is 9.97 Å². The van der Waals surface area contributed by atoms with Gasteiger partial charge in [0.15, 0.2) is 11.5 Å². The van der Waals surface area contributed by atoms with Crippen LogP contribution >= 0.6 is 7.82 Å². The second-order valence-corrected chi connectivity index (χ2v) is 8.53. The Hall–Kier alpha value is -2.32. The van der Waals surface area contributed by atoms with Crippen LogP contribution in [-0.2, 0) is 13.6 Å². The third-order valence-corrected chi connectivity index (χ3v) is 5.66. The Kier molecular flexibility index (Phi) is 4.71. The fraction of sp³-hybridized carbons (Fsp3) is 0.389. The van der Waals surface area contributed by atoms with E-state index < -0.39 is 13.4 Å². The van der Waals surface area contributed by atoms with Crippen LogP contribution in [0.25, 0.3) is 0 Å². The Balaban J connectivity index is 1.64. The summed E-state index contributed by atoms with van der Waals surface area (Å²) < 4.78 is 27.2. The first-order valence-corrected chi connectivity index (χ1v) is 10.3. The zero-order valence-electron chi connectivity index (χ0n) is 15.7. The van der Waals surface area contributed by atoms with Crippen LogP contribution in [0.3, 0.4) is 0 Å². The minimum atomic E-state index is -3.89.